The van der Waals surface area contributed by atoms with Crippen LogP contribution < -0.4 is 10.2 Å². The minimum atomic E-state index is -0.385. The largest absolute Gasteiger partial charge is 0.325 e. The van der Waals surface area contributed by atoms with Gasteiger partial charge in [-0.1, -0.05) is 12.1 Å². The van der Waals surface area contributed by atoms with Crippen LogP contribution in [-0.2, 0) is 9.59 Å². The molecule has 3 aromatic rings. The molecule has 0 atom stereocenters. The maximum Gasteiger partial charge on any atom is 0.244 e. The average Bonchev–Trinajstić information content (AvgIpc) is 3.08. The fourth-order valence-electron chi connectivity index (χ4n) is 3.01. The maximum absolute atomic E-state index is 13.1. The number of hydrogen-bond acceptors (Lipinski definition) is 4. The number of aliphatic imine (C=N–C) groups is 1. The Balaban J connectivity index is 1.59. The van der Waals surface area contributed by atoms with E-state index in [2.05, 4.69) is 21.2 Å². The number of fused-ring (bicyclic) bond motifs is 1. The zero-order valence-corrected chi connectivity index (χ0v) is 17.5. The van der Waals surface area contributed by atoms with Gasteiger partial charge in [-0.25, -0.2) is 9.38 Å². The molecule has 1 aliphatic rings. The number of carbonyl (C=O) groups is 2. The van der Waals surface area contributed by atoms with Crippen molar-refractivity contribution in [1.82, 2.24) is 0 Å². The molecule has 0 saturated carbocycles. The van der Waals surface area contributed by atoms with E-state index in [0.717, 1.165) is 8.66 Å². The third-order valence-electron chi connectivity index (χ3n) is 4.33. The van der Waals surface area contributed by atoms with Crippen LogP contribution in [0, 0.1) is 5.82 Å². The van der Waals surface area contributed by atoms with Gasteiger partial charge in [-0.15, -0.1) is 11.3 Å². The fourth-order valence-corrected chi connectivity index (χ4v) is 4.38. The van der Waals surface area contributed by atoms with Crippen molar-refractivity contribution in [2.24, 2.45) is 4.99 Å². The van der Waals surface area contributed by atoms with Crippen LogP contribution in [0.4, 0.5) is 21.5 Å². The van der Waals surface area contributed by atoms with Crippen LogP contribution in [0.15, 0.2) is 69.4 Å². The summed E-state index contributed by atoms with van der Waals surface area (Å²) in [4.78, 5) is 32.6. The van der Waals surface area contributed by atoms with E-state index in [0.29, 0.717) is 22.8 Å². The first-order valence-electron chi connectivity index (χ1n) is 8.78. The number of hydrogen-bond donors (Lipinski definition) is 1. The highest BCUT2D eigenvalue weighted by Crippen LogP contribution is 2.34. The lowest BCUT2D eigenvalue weighted by atomic mass is 10.2. The highest BCUT2D eigenvalue weighted by atomic mass is 79.9. The minimum Gasteiger partial charge on any atom is -0.325 e. The molecule has 146 valence electrons. The maximum atomic E-state index is 13.1. The Morgan fingerprint density at radius 2 is 1.90 bits per heavy atom. The zero-order chi connectivity index (χ0) is 20.4. The molecular formula is C21H15BrFN3O2S. The smallest absolute Gasteiger partial charge is 0.244 e. The van der Waals surface area contributed by atoms with Crippen LogP contribution in [0.5, 0.6) is 0 Å². The Morgan fingerprint density at radius 1 is 1.14 bits per heavy atom. The number of carbonyl (C=O) groups excluding carboxylic acids is 2. The zero-order valence-electron chi connectivity index (χ0n) is 15.1. The topological polar surface area (TPSA) is 61.8 Å². The Hall–Kier alpha value is -2.84. The van der Waals surface area contributed by atoms with E-state index in [-0.39, 0.29) is 30.6 Å². The minimum absolute atomic E-state index is 0.0888. The number of halogens is 2. The summed E-state index contributed by atoms with van der Waals surface area (Å²) in [5, 5.41) is 2.69. The van der Waals surface area contributed by atoms with E-state index in [4.69, 9.17) is 4.99 Å². The molecule has 8 heteroatoms. The molecule has 0 radical (unpaired) electrons. The lowest BCUT2D eigenvalue weighted by Crippen LogP contribution is -2.38. The normalized spacial score (nSPS) is 13.5. The first kappa shape index (κ1) is 19.5. The molecule has 4 rings (SSSR count). The molecule has 1 N–H and O–H groups in total. The molecule has 0 fully saturated rings. The van der Waals surface area contributed by atoms with E-state index in [1.54, 1.807) is 12.1 Å². The SMILES string of the molecule is O=C(CN1C(=O)CC(c2ccc(Br)s2)=Nc2ccccc21)Nc1ccc(F)cc1. The number of amides is 2. The Bertz CT molecular complexity index is 1110. The predicted molar refractivity (Wildman–Crippen MR) is 117 cm³/mol. The van der Waals surface area contributed by atoms with Gasteiger partial charge in [-0.05, 0) is 64.5 Å². The first-order chi connectivity index (χ1) is 14.0. The highest BCUT2D eigenvalue weighted by molar-refractivity contribution is 9.11. The quantitative estimate of drug-likeness (QED) is 0.571. The number of thiophene rings is 1. The Kier molecular flexibility index (Phi) is 5.55. The summed E-state index contributed by atoms with van der Waals surface area (Å²) in [5.74, 6) is -0.973. The van der Waals surface area contributed by atoms with Crippen molar-refractivity contribution >= 4 is 61.9 Å². The van der Waals surface area contributed by atoms with Crippen LogP contribution in [0.2, 0.25) is 0 Å². The van der Waals surface area contributed by atoms with Crippen molar-refractivity contribution < 1.29 is 14.0 Å². The van der Waals surface area contributed by atoms with Crippen LogP contribution in [-0.4, -0.2) is 24.1 Å². The van der Waals surface area contributed by atoms with Crippen molar-refractivity contribution in [1.29, 1.82) is 0 Å². The van der Waals surface area contributed by atoms with Gasteiger partial charge in [-0.2, -0.15) is 0 Å². The van der Waals surface area contributed by atoms with Crippen LogP contribution in [0.1, 0.15) is 11.3 Å². The summed E-state index contributed by atoms with van der Waals surface area (Å²) < 4.78 is 14.0. The van der Waals surface area contributed by atoms with Gasteiger partial charge in [0.15, 0.2) is 0 Å². The number of rotatable bonds is 4. The second-order valence-electron chi connectivity index (χ2n) is 6.36. The van der Waals surface area contributed by atoms with E-state index >= 15 is 0 Å². The third kappa shape index (κ3) is 4.44. The average molecular weight is 472 g/mol. The molecule has 1 aliphatic heterocycles. The van der Waals surface area contributed by atoms with Gasteiger partial charge in [0.1, 0.15) is 12.4 Å². The molecule has 0 spiro atoms. The molecule has 5 nitrogen and oxygen atoms in total. The van der Waals surface area contributed by atoms with Crippen LogP contribution >= 0.6 is 27.3 Å². The summed E-state index contributed by atoms with van der Waals surface area (Å²) in [7, 11) is 0. The number of nitrogens with one attached hydrogen (secondary N) is 1. The summed E-state index contributed by atoms with van der Waals surface area (Å²) in [5.41, 5.74) is 2.34. The summed E-state index contributed by atoms with van der Waals surface area (Å²) in [6, 6.07) is 16.6. The van der Waals surface area contributed by atoms with Crippen molar-refractivity contribution in [2.75, 3.05) is 16.8 Å². The lowest BCUT2D eigenvalue weighted by Gasteiger charge is -2.21. The molecule has 2 amide bonds. The van der Waals surface area contributed by atoms with Crippen LogP contribution in [0.3, 0.4) is 0 Å². The van der Waals surface area contributed by atoms with Gasteiger partial charge in [0.2, 0.25) is 11.8 Å². The summed E-state index contributed by atoms with van der Waals surface area (Å²) in [6.07, 6.45) is 0.0888. The highest BCUT2D eigenvalue weighted by Gasteiger charge is 2.27. The monoisotopic (exact) mass is 471 g/mol. The Morgan fingerprint density at radius 3 is 2.62 bits per heavy atom. The van der Waals surface area contributed by atoms with Crippen LogP contribution in [0.25, 0.3) is 0 Å². The van der Waals surface area contributed by atoms with E-state index in [1.807, 2.05) is 24.3 Å². The molecule has 1 aromatic heterocycles. The van der Waals surface area contributed by atoms with Crippen molar-refractivity contribution in [3.8, 4) is 0 Å². The lowest BCUT2D eigenvalue weighted by molar-refractivity contribution is -0.120. The molecule has 0 unspecified atom stereocenters. The standard InChI is InChI=1S/C21H15BrFN3O2S/c22-19-10-9-18(29-19)16-11-21(28)26(17-4-2-1-3-15(17)25-16)12-20(27)24-14-7-5-13(23)6-8-14/h1-10H,11-12H2,(H,24,27). The molecule has 0 saturated heterocycles. The van der Waals surface area contributed by atoms with Crippen molar-refractivity contribution in [3.63, 3.8) is 0 Å². The molecular weight excluding hydrogens is 457 g/mol. The number of nitrogens with zero attached hydrogens (tertiary/aromatic N) is 2. The number of benzene rings is 2. The van der Waals surface area contributed by atoms with E-state index in [9.17, 15) is 14.0 Å². The van der Waals surface area contributed by atoms with E-state index < -0.39 is 0 Å². The predicted octanol–water partition coefficient (Wildman–Crippen LogP) is 5.15. The molecule has 29 heavy (non-hydrogen) atoms. The Labute approximate surface area is 179 Å². The van der Waals surface area contributed by atoms with Crippen molar-refractivity contribution in [3.05, 3.63) is 75.1 Å². The number of para-hydroxylation sites is 2. The molecule has 2 aromatic carbocycles. The van der Waals surface area contributed by atoms with Gasteiger partial charge in [0.05, 0.1) is 32.2 Å². The van der Waals surface area contributed by atoms with Gasteiger partial charge in [0.25, 0.3) is 0 Å². The van der Waals surface area contributed by atoms with Gasteiger partial charge < -0.3 is 10.2 Å². The second kappa shape index (κ2) is 8.26. The fraction of sp³-hybridized carbons (Fsp3) is 0.0952. The molecule has 0 aliphatic carbocycles. The number of anilines is 2. The van der Waals surface area contributed by atoms with Gasteiger partial charge in [0, 0.05) is 5.69 Å². The van der Waals surface area contributed by atoms with Gasteiger partial charge in [-0.3, -0.25) is 9.59 Å². The molecule has 2 heterocycles. The van der Waals surface area contributed by atoms with E-state index in [1.165, 1.54) is 40.5 Å². The first-order valence-corrected chi connectivity index (χ1v) is 10.4. The second-order valence-corrected chi connectivity index (χ2v) is 8.83. The third-order valence-corrected chi connectivity index (χ3v) is 6.01. The van der Waals surface area contributed by atoms with Gasteiger partial charge >= 0.3 is 0 Å². The van der Waals surface area contributed by atoms with Crippen molar-refractivity contribution in [2.45, 2.75) is 6.42 Å². The molecule has 0 bridgehead atoms. The summed E-state index contributed by atoms with van der Waals surface area (Å²) in [6.45, 7) is -0.163. The summed E-state index contributed by atoms with van der Waals surface area (Å²) >= 11 is 4.94.